The normalized spacial score (nSPS) is 11.1. The van der Waals surface area contributed by atoms with Crippen molar-refractivity contribution in [1.29, 1.82) is 0 Å². The molecule has 0 saturated carbocycles. The highest BCUT2D eigenvalue weighted by molar-refractivity contribution is 7.92. The topological polar surface area (TPSA) is 66.5 Å². The largest absolute Gasteiger partial charge is 0.323 e. The fourth-order valence-corrected chi connectivity index (χ4v) is 4.35. The number of hydrogen-bond acceptors (Lipinski definition) is 3. The molecule has 1 amide bonds. The van der Waals surface area contributed by atoms with Gasteiger partial charge in [0.2, 0.25) is 5.91 Å². The first-order valence-corrected chi connectivity index (χ1v) is 10.6. The van der Waals surface area contributed by atoms with Gasteiger partial charge in [0, 0.05) is 0 Å². The third-order valence-electron chi connectivity index (χ3n) is 3.96. The maximum Gasteiger partial charge on any atom is 0.264 e. The lowest BCUT2D eigenvalue weighted by molar-refractivity contribution is -0.114. The number of sulfonamides is 1. The maximum atomic E-state index is 13.3. The molecule has 9 heteroatoms. The zero-order chi connectivity index (χ0) is 21.0. The maximum absolute atomic E-state index is 13.3. The zero-order valence-corrected chi connectivity index (χ0v) is 17.2. The molecule has 0 bridgehead atoms. The minimum absolute atomic E-state index is 0.00193. The van der Waals surface area contributed by atoms with Crippen molar-refractivity contribution in [2.24, 2.45) is 0 Å². The third kappa shape index (κ3) is 4.87. The number of benzene rings is 3. The van der Waals surface area contributed by atoms with E-state index in [0.717, 1.165) is 16.4 Å². The Hall–Kier alpha value is -2.61. The molecule has 0 heterocycles. The Morgan fingerprint density at radius 1 is 0.931 bits per heavy atom. The monoisotopic (exact) mass is 452 g/mol. The molecule has 0 saturated heterocycles. The Morgan fingerprint density at radius 2 is 1.59 bits per heavy atom. The second-order valence-corrected chi connectivity index (χ2v) is 8.60. The molecule has 0 aromatic heterocycles. The summed E-state index contributed by atoms with van der Waals surface area (Å²) in [5.41, 5.74) is 0.392. The molecule has 0 radical (unpaired) electrons. The number of rotatable bonds is 6. The molecule has 150 valence electrons. The number of amides is 1. The van der Waals surface area contributed by atoms with Crippen molar-refractivity contribution < 1.29 is 17.6 Å². The predicted octanol–water partition coefficient (Wildman–Crippen LogP) is 4.97. The van der Waals surface area contributed by atoms with Gasteiger partial charge >= 0.3 is 0 Å². The summed E-state index contributed by atoms with van der Waals surface area (Å²) in [6.07, 6.45) is 0. The average Bonchev–Trinajstić information content (AvgIpc) is 2.71. The molecule has 0 spiro atoms. The van der Waals surface area contributed by atoms with Crippen molar-refractivity contribution in [3.8, 4) is 0 Å². The number of nitrogens with one attached hydrogen (secondary N) is 1. The lowest BCUT2D eigenvalue weighted by atomic mass is 10.3. The van der Waals surface area contributed by atoms with Crippen LogP contribution in [0.4, 0.5) is 15.8 Å². The van der Waals surface area contributed by atoms with Gasteiger partial charge in [-0.05, 0) is 48.5 Å². The van der Waals surface area contributed by atoms with Crippen LogP contribution in [-0.2, 0) is 14.8 Å². The second-order valence-electron chi connectivity index (χ2n) is 5.95. The summed E-state index contributed by atoms with van der Waals surface area (Å²) in [6.45, 7) is -0.550. The minimum Gasteiger partial charge on any atom is -0.323 e. The molecule has 1 N–H and O–H groups in total. The van der Waals surface area contributed by atoms with E-state index in [9.17, 15) is 17.6 Å². The summed E-state index contributed by atoms with van der Waals surface area (Å²) in [5, 5.41) is 2.94. The minimum atomic E-state index is -4.08. The number of carbonyl (C=O) groups is 1. The first-order valence-electron chi connectivity index (χ1n) is 8.36. The molecule has 3 aromatic rings. The van der Waals surface area contributed by atoms with Gasteiger partial charge in [-0.2, -0.15) is 0 Å². The van der Waals surface area contributed by atoms with Gasteiger partial charge in [-0.1, -0.05) is 47.5 Å². The quantitative estimate of drug-likeness (QED) is 0.574. The highest BCUT2D eigenvalue weighted by Crippen LogP contribution is 2.30. The fourth-order valence-electron chi connectivity index (χ4n) is 2.56. The standard InChI is InChI=1S/C20H15Cl2FN2O3S/c21-17-7-4-8-18(20(17)22)24-19(26)13-25(15-11-9-14(23)10-12-15)29(27,28)16-5-2-1-3-6-16/h1-12H,13H2,(H,24,26). The van der Waals surface area contributed by atoms with Crippen LogP contribution < -0.4 is 9.62 Å². The second kappa shape index (κ2) is 8.82. The number of hydrogen-bond donors (Lipinski definition) is 1. The summed E-state index contributed by atoms with van der Waals surface area (Å²) >= 11 is 12.0. The van der Waals surface area contributed by atoms with E-state index >= 15 is 0 Å². The molecule has 29 heavy (non-hydrogen) atoms. The van der Waals surface area contributed by atoms with Crippen LogP contribution >= 0.6 is 23.2 Å². The average molecular weight is 453 g/mol. The lowest BCUT2D eigenvalue weighted by Crippen LogP contribution is -2.38. The SMILES string of the molecule is O=C(CN(c1ccc(F)cc1)S(=O)(=O)c1ccccc1)Nc1cccc(Cl)c1Cl. The number of carbonyl (C=O) groups excluding carboxylic acids is 1. The Bertz CT molecular complexity index is 1120. The van der Waals surface area contributed by atoms with Gasteiger partial charge in [-0.25, -0.2) is 12.8 Å². The molecular weight excluding hydrogens is 438 g/mol. The number of anilines is 2. The summed E-state index contributed by atoms with van der Waals surface area (Å²) < 4.78 is 40.5. The Labute approximate surface area is 177 Å². The molecule has 0 unspecified atom stereocenters. The van der Waals surface area contributed by atoms with E-state index in [1.807, 2.05) is 0 Å². The first-order chi connectivity index (χ1) is 13.8. The smallest absolute Gasteiger partial charge is 0.264 e. The van der Waals surface area contributed by atoms with Crippen LogP contribution in [0.5, 0.6) is 0 Å². The molecule has 3 rings (SSSR count). The molecule has 0 aliphatic carbocycles. The van der Waals surface area contributed by atoms with E-state index in [1.54, 1.807) is 36.4 Å². The lowest BCUT2D eigenvalue weighted by Gasteiger charge is -2.24. The van der Waals surface area contributed by atoms with Gasteiger partial charge in [0.15, 0.2) is 0 Å². The number of halogens is 3. The van der Waals surface area contributed by atoms with Gasteiger partial charge < -0.3 is 5.32 Å². The summed E-state index contributed by atoms with van der Waals surface area (Å²) in [6, 6.07) is 17.2. The van der Waals surface area contributed by atoms with Gasteiger partial charge in [0.1, 0.15) is 12.4 Å². The van der Waals surface area contributed by atoms with E-state index in [2.05, 4.69) is 5.32 Å². The van der Waals surface area contributed by atoms with Crippen molar-refractivity contribution in [2.45, 2.75) is 4.90 Å². The van der Waals surface area contributed by atoms with Crippen LogP contribution in [0.2, 0.25) is 10.0 Å². The molecule has 0 atom stereocenters. The molecular formula is C20H15Cl2FN2O3S. The Kier molecular flexibility index (Phi) is 6.42. The van der Waals surface area contributed by atoms with Crippen molar-refractivity contribution >= 4 is 50.5 Å². The van der Waals surface area contributed by atoms with Crippen molar-refractivity contribution in [2.75, 3.05) is 16.2 Å². The van der Waals surface area contributed by atoms with Gasteiger partial charge in [-0.3, -0.25) is 9.10 Å². The summed E-state index contributed by atoms with van der Waals surface area (Å²) in [7, 11) is -4.08. The van der Waals surface area contributed by atoms with Crippen molar-refractivity contribution in [3.63, 3.8) is 0 Å². The molecule has 0 aliphatic rings. The highest BCUT2D eigenvalue weighted by atomic mass is 35.5. The van der Waals surface area contributed by atoms with Gasteiger partial charge in [0.25, 0.3) is 10.0 Å². The van der Waals surface area contributed by atoms with Crippen LogP contribution in [0.3, 0.4) is 0 Å². The van der Waals surface area contributed by atoms with E-state index < -0.39 is 28.3 Å². The van der Waals surface area contributed by atoms with Gasteiger partial charge in [0.05, 0.1) is 26.3 Å². The Balaban J connectivity index is 1.94. The van der Waals surface area contributed by atoms with E-state index in [0.29, 0.717) is 0 Å². The zero-order valence-electron chi connectivity index (χ0n) is 14.8. The van der Waals surface area contributed by atoms with E-state index in [-0.39, 0.29) is 26.3 Å². The van der Waals surface area contributed by atoms with Crippen molar-refractivity contribution in [3.05, 3.63) is 88.7 Å². The highest BCUT2D eigenvalue weighted by Gasteiger charge is 2.27. The van der Waals surface area contributed by atoms with Crippen LogP contribution in [0.1, 0.15) is 0 Å². The van der Waals surface area contributed by atoms with Crippen LogP contribution in [0, 0.1) is 5.82 Å². The first kappa shape index (κ1) is 21.1. The van der Waals surface area contributed by atoms with Crippen LogP contribution in [0.15, 0.2) is 77.7 Å². The van der Waals surface area contributed by atoms with Crippen LogP contribution in [0.25, 0.3) is 0 Å². The number of nitrogens with zero attached hydrogens (tertiary/aromatic N) is 1. The Morgan fingerprint density at radius 3 is 2.24 bits per heavy atom. The molecule has 0 aliphatic heterocycles. The summed E-state index contributed by atoms with van der Waals surface area (Å²) in [5.74, 6) is -1.17. The van der Waals surface area contributed by atoms with E-state index in [4.69, 9.17) is 23.2 Å². The van der Waals surface area contributed by atoms with Gasteiger partial charge in [-0.15, -0.1) is 0 Å². The predicted molar refractivity (Wildman–Crippen MR) is 112 cm³/mol. The fraction of sp³-hybridized carbons (Fsp3) is 0.0500. The molecule has 0 fully saturated rings. The third-order valence-corrected chi connectivity index (χ3v) is 6.57. The van der Waals surface area contributed by atoms with Crippen LogP contribution in [-0.4, -0.2) is 20.9 Å². The molecule has 5 nitrogen and oxygen atoms in total. The van der Waals surface area contributed by atoms with E-state index in [1.165, 1.54) is 24.3 Å². The van der Waals surface area contributed by atoms with Crippen molar-refractivity contribution in [1.82, 2.24) is 0 Å². The summed E-state index contributed by atoms with van der Waals surface area (Å²) in [4.78, 5) is 12.6. The molecule has 3 aromatic carbocycles.